The van der Waals surface area contributed by atoms with Gasteiger partial charge in [-0.1, -0.05) is 30.3 Å². The van der Waals surface area contributed by atoms with Crippen LogP contribution in [-0.2, 0) is 17.6 Å². The van der Waals surface area contributed by atoms with Crippen molar-refractivity contribution in [3.8, 4) is 17.0 Å². The first-order chi connectivity index (χ1) is 11.8. The summed E-state index contributed by atoms with van der Waals surface area (Å²) in [5, 5.41) is 6.02. The van der Waals surface area contributed by atoms with Crippen LogP contribution in [0.25, 0.3) is 11.3 Å². The molecule has 1 aliphatic heterocycles. The molecule has 1 N–H and O–H groups in total. The van der Waals surface area contributed by atoms with Crippen LogP contribution in [0.3, 0.4) is 0 Å². The van der Waals surface area contributed by atoms with Gasteiger partial charge in [0.2, 0.25) is 0 Å². The molecule has 4 rings (SSSR count). The van der Waals surface area contributed by atoms with Gasteiger partial charge in [0.25, 0.3) is 5.91 Å². The minimum Gasteiger partial charge on any atom is -0.482 e. The van der Waals surface area contributed by atoms with E-state index in [1.165, 1.54) is 5.56 Å². The summed E-state index contributed by atoms with van der Waals surface area (Å²) in [6.07, 6.45) is 1.92. The summed E-state index contributed by atoms with van der Waals surface area (Å²) in [4.78, 5) is 16.2. The van der Waals surface area contributed by atoms with Crippen LogP contribution in [0.1, 0.15) is 10.6 Å². The molecule has 3 aromatic rings. The Hall–Kier alpha value is -2.66. The molecule has 24 heavy (non-hydrogen) atoms. The maximum Gasteiger partial charge on any atom is 0.262 e. The first kappa shape index (κ1) is 14.9. The Labute approximate surface area is 144 Å². The van der Waals surface area contributed by atoms with Crippen molar-refractivity contribution < 1.29 is 9.53 Å². The predicted molar refractivity (Wildman–Crippen MR) is 95.5 cm³/mol. The van der Waals surface area contributed by atoms with Crippen molar-refractivity contribution in [3.63, 3.8) is 0 Å². The van der Waals surface area contributed by atoms with Crippen LogP contribution in [0.2, 0.25) is 0 Å². The number of aryl methyl sites for hydroxylation is 2. The number of aromatic nitrogens is 1. The number of benzene rings is 2. The third-order valence-electron chi connectivity index (χ3n) is 3.93. The summed E-state index contributed by atoms with van der Waals surface area (Å²) in [5.74, 6) is 0.583. The zero-order chi connectivity index (χ0) is 16.4. The third-order valence-corrected chi connectivity index (χ3v) is 4.84. The topological polar surface area (TPSA) is 51.2 Å². The summed E-state index contributed by atoms with van der Waals surface area (Å²) in [5.41, 5.74) is 3.96. The summed E-state index contributed by atoms with van der Waals surface area (Å²) < 4.78 is 5.39. The van der Waals surface area contributed by atoms with Crippen molar-refractivity contribution in [1.29, 1.82) is 0 Å². The molecule has 1 aromatic heterocycles. The van der Waals surface area contributed by atoms with Crippen LogP contribution in [0.5, 0.6) is 5.75 Å². The van der Waals surface area contributed by atoms with Gasteiger partial charge in [-0.3, -0.25) is 4.79 Å². The van der Waals surface area contributed by atoms with Crippen molar-refractivity contribution >= 4 is 22.9 Å². The van der Waals surface area contributed by atoms with E-state index in [1.807, 2.05) is 24.3 Å². The Morgan fingerprint density at radius 2 is 2.00 bits per heavy atom. The quantitative estimate of drug-likeness (QED) is 0.785. The summed E-state index contributed by atoms with van der Waals surface area (Å²) in [6, 6.07) is 16.2. The van der Waals surface area contributed by atoms with Crippen LogP contribution in [0.15, 0.2) is 53.9 Å². The first-order valence-electron chi connectivity index (χ1n) is 7.83. The second-order valence-corrected chi connectivity index (χ2v) is 6.60. The predicted octanol–water partition coefficient (Wildman–Crippen LogP) is 3.93. The van der Waals surface area contributed by atoms with Crippen LogP contribution in [-0.4, -0.2) is 17.5 Å². The van der Waals surface area contributed by atoms with E-state index in [1.54, 1.807) is 11.3 Å². The van der Waals surface area contributed by atoms with Gasteiger partial charge in [0.1, 0.15) is 5.75 Å². The third kappa shape index (κ3) is 3.16. The number of ether oxygens (including phenoxy) is 1. The van der Waals surface area contributed by atoms with Crippen LogP contribution in [0.4, 0.5) is 5.69 Å². The lowest BCUT2D eigenvalue weighted by atomic mass is 10.1. The molecule has 5 heteroatoms. The maximum absolute atomic E-state index is 11.4. The van der Waals surface area contributed by atoms with Crippen LogP contribution in [0, 0.1) is 0 Å². The minimum atomic E-state index is -0.124. The summed E-state index contributed by atoms with van der Waals surface area (Å²) in [7, 11) is 0. The van der Waals surface area contributed by atoms with E-state index in [0.717, 1.165) is 29.1 Å². The summed E-state index contributed by atoms with van der Waals surface area (Å²) in [6.45, 7) is 0.0761. The van der Waals surface area contributed by atoms with E-state index in [-0.39, 0.29) is 12.5 Å². The normalized spacial score (nSPS) is 13.1. The Bertz CT molecular complexity index is 874. The summed E-state index contributed by atoms with van der Waals surface area (Å²) >= 11 is 1.67. The van der Waals surface area contributed by atoms with Crippen LogP contribution < -0.4 is 10.1 Å². The number of nitrogens with one attached hydrogen (secondary N) is 1. The molecule has 4 nitrogen and oxygen atoms in total. The molecule has 0 unspecified atom stereocenters. The Balaban J connectivity index is 1.50. The molecule has 0 atom stereocenters. The Morgan fingerprint density at radius 3 is 2.88 bits per heavy atom. The number of amides is 1. The first-order valence-corrected chi connectivity index (χ1v) is 8.71. The number of carbonyl (C=O) groups is 1. The monoisotopic (exact) mass is 336 g/mol. The lowest BCUT2D eigenvalue weighted by Crippen LogP contribution is -2.25. The highest BCUT2D eigenvalue weighted by Crippen LogP contribution is 2.33. The van der Waals surface area contributed by atoms with Gasteiger partial charge in [-0.05, 0) is 30.2 Å². The molecule has 0 bridgehead atoms. The number of rotatable bonds is 4. The zero-order valence-electron chi connectivity index (χ0n) is 13.0. The number of nitrogens with zero attached hydrogens (tertiary/aromatic N) is 1. The molecular weight excluding hydrogens is 320 g/mol. The second-order valence-electron chi connectivity index (χ2n) is 5.66. The van der Waals surface area contributed by atoms with Gasteiger partial charge in [-0.15, -0.1) is 11.3 Å². The Kier molecular flexibility index (Phi) is 4.01. The SMILES string of the molecule is O=C1COc2ccc(-c3csc(CCc4ccccc4)n3)cc2N1. The molecular formula is C19H16N2O2S. The minimum absolute atomic E-state index is 0.0761. The standard InChI is InChI=1S/C19H16N2O2S/c22-18-11-23-17-8-7-14(10-15(17)20-18)16-12-24-19(21-16)9-6-13-4-2-1-3-5-13/h1-5,7-8,10,12H,6,9,11H2,(H,20,22). The van der Waals surface area contributed by atoms with Gasteiger partial charge in [-0.25, -0.2) is 4.98 Å². The van der Waals surface area contributed by atoms with E-state index in [2.05, 4.69) is 35.0 Å². The highest BCUT2D eigenvalue weighted by molar-refractivity contribution is 7.09. The average Bonchev–Trinajstić information content (AvgIpc) is 3.09. The number of hydrogen-bond acceptors (Lipinski definition) is 4. The number of hydrogen-bond donors (Lipinski definition) is 1. The fraction of sp³-hybridized carbons (Fsp3) is 0.158. The van der Waals surface area contributed by atoms with Gasteiger partial charge in [0, 0.05) is 17.4 Å². The molecule has 2 aromatic carbocycles. The van der Waals surface area contributed by atoms with E-state index in [9.17, 15) is 4.79 Å². The number of anilines is 1. The molecule has 1 aliphatic rings. The van der Waals surface area contributed by atoms with Gasteiger partial charge >= 0.3 is 0 Å². The number of thiazole rings is 1. The van der Waals surface area contributed by atoms with Crippen molar-refractivity contribution in [2.24, 2.45) is 0 Å². The van der Waals surface area contributed by atoms with E-state index < -0.39 is 0 Å². The van der Waals surface area contributed by atoms with Gasteiger partial charge in [-0.2, -0.15) is 0 Å². The van der Waals surface area contributed by atoms with Crippen molar-refractivity contribution in [2.75, 3.05) is 11.9 Å². The molecule has 0 spiro atoms. The molecule has 120 valence electrons. The van der Waals surface area contributed by atoms with Gasteiger partial charge < -0.3 is 10.1 Å². The second kappa shape index (κ2) is 6.45. The molecule has 0 saturated heterocycles. The van der Waals surface area contributed by atoms with Crippen molar-refractivity contribution in [2.45, 2.75) is 12.8 Å². The Morgan fingerprint density at radius 1 is 1.12 bits per heavy atom. The maximum atomic E-state index is 11.4. The smallest absolute Gasteiger partial charge is 0.262 e. The largest absolute Gasteiger partial charge is 0.482 e. The van der Waals surface area contributed by atoms with Crippen molar-refractivity contribution in [3.05, 3.63) is 64.5 Å². The number of carbonyl (C=O) groups excluding carboxylic acids is 1. The van der Waals surface area contributed by atoms with Gasteiger partial charge in [0.15, 0.2) is 6.61 Å². The van der Waals surface area contributed by atoms with Gasteiger partial charge in [0.05, 0.1) is 16.4 Å². The average molecular weight is 336 g/mol. The van der Waals surface area contributed by atoms with E-state index in [0.29, 0.717) is 11.4 Å². The molecule has 1 amide bonds. The molecule has 0 radical (unpaired) electrons. The molecule has 0 fully saturated rings. The fourth-order valence-electron chi connectivity index (χ4n) is 2.70. The number of fused-ring (bicyclic) bond motifs is 1. The highest BCUT2D eigenvalue weighted by Gasteiger charge is 2.17. The molecule has 0 aliphatic carbocycles. The highest BCUT2D eigenvalue weighted by atomic mass is 32.1. The zero-order valence-corrected chi connectivity index (χ0v) is 13.8. The lowest BCUT2D eigenvalue weighted by molar-refractivity contribution is -0.118. The fourth-order valence-corrected chi connectivity index (χ4v) is 3.50. The van der Waals surface area contributed by atoms with Crippen molar-refractivity contribution in [1.82, 2.24) is 4.98 Å². The molecule has 2 heterocycles. The van der Waals surface area contributed by atoms with E-state index >= 15 is 0 Å². The van der Waals surface area contributed by atoms with E-state index in [4.69, 9.17) is 9.72 Å². The lowest BCUT2D eigenvalue weighted by Gasteiger charge is -2.18. The van der Waals surface area contributed by atoms with Crippen LogP contribution >= 0.6 is 11.3 Å². The molecule has 0 saturated carbocycles.